The molecule has 5 nitrogen and oxygen atoms in total. The van der Waals surface area contributed by atoms with Crippen molar-refractivity contribution in [2.75, 3.05) is 11.9 Å². The standard InChI is InChI=1S/C10H11NO4/c1-2-15-10(14)9(13)11-7-4-3-5-8(12)6-7/h3-6,12H,2H2,1H3,(H,11,13). The van der Waals surface area contributed by atoms with Crippen LogP contribution >= 0.6 is 0 Å². The molecule has 0 aromatic heterocycles. The topological polar surface area (TPSA) is 75.6 Å². The zero-order valence-corrected chi connectivity index (χ0v) is 8.19. The molecule has 0 aliphatic carbocycles. The molecule has 0 unspecified atom stereocenters. The molecule has 5 heteroatoms. The normalized spacial score (nSPS) is 9.40. The molecule has 0 spiro atoms. The summed E-state index contributed by atoms with van der Waals surface area (Å²) < 4.78 is 4.49. The quantitative estimate of drug-likeness (QED) is 0.560. The molecule has 0 aliphatic rings. The second-order valence-corrected chi connectivity index (χ2v) is 2.72. The highest BCUT2D eigenvalue weighted by Gasteiger charge is 2.14. The van der Waals surface area contributed by atoms with Crippen molar-refractivity contribution in [2.45, 2.75) is 6.92 Å². The van der Waals surface area contributed by atoms with E-state index in [9.17, 15) is 9.59 Å². The van der Waals surface area contributed by atoms with Crippen LogP contribution in [0.15, 0.2) is 24.3 Å². The van der Waals surface area contributed by atoms with Gasteiger partial charge >= 0.3 is 11.9 Å². The molecule has 0 heterocycles. The van der Waals surface area contributed by atoms with E-state index < -0.39 is 11.9 Å². The number of phenolic OH excluding ortho intramolecular Hbond substituents is 1. The molecule has 15 heavy (non-hydrogen) atoms. The van der Waals surface area contributed by atoms with Gasteiger partial charge < -0.3 is 15.2 Å². The maximum Gasteiger partial charge on any atom is 0.397 e. The smallest absolute Gasteiger partial charge is 0.397 e. The number of anilines is 1. The Bertz CT molecular complexity index is 375. The number of carbonyl (C=O) groups is 2. The number of esters is 1. The van der Waals surface area contributed by atoms with Crippen LogP contribution in [0, 0.1) is 0 Å². The predicted octanol–water partition coefficient (Wildman–Crippen LogP) is 0.894. The van der Waals surface area contributed by atoms with E-state index in [1.807, 2.05) is 0 Å². The number of ether oxygens (including phenoxy) is 1. The molecule has 0 saturated heterocycles. The molecule has 80 valence electrons. The second kappa shape index (κ2) is 4.99. The highest BCUT2D eigenvalue weighted by molar-refractivity contribution is 6.37. The van der Waals surface area contributed by atoms with E-state index >= 15 is 0 Å². The fraction of sp³-hybridized carbons (Fsp3) is 0.200. The molecule has 1 aromatic rings. The summed E-state index contributed by atoms with van der Waals surface area (Å²) in [5, 5.41) is 11.4. The van der Waals surface area contributed by atoms with Crippen molar-refractivity contribution in [3.8, 4) is 5.75 Å². The lowest BCUT2D eigenvalue weighted by atomic mass is 10.3. The van der Waals surface area contributed by atoms with Crippen LogP contribution in [0.5, 0.6) is 5.75 Å². The Morgan fingerprint density at radius 1 is 1.47 bits per heavy atom. The molecule has 0 atom stereocenters. The first-order valence-electron chi connectivity index (χ1n) is 4.40. The van der Waals surface area contributed by atoms with Gasteiger partial charge in [-0.25, -0.2) is 4.79 Å². The third kappa shape index (κ3) is 3.30. The van der Waals surface area contributed by atoms with Crippen molar-refractivity contribution >= 4 is 17.6 Å². The van der Waals surface area contributed by atoms with Gasteiger partial charge in [-0.2, -0.15) is 0 Å². The van der Waals surface area contributed by atoms with Crippen molar-refractivity contribution in [1.29, 1.82) is 0 Å². The molecular weight excluding hydrogens is 198 g/mol. The van der Waals surface area contributed by atoms with Gasteiger partial charge in [-0.1, -0.05) is 6.07 Å². The Morgan fingerprint density at radius 3 is 2.80 bits per heavy atom. The minimum absolute atomic E-state index is 0.0108. The Morgan fingerprint density at radius 2 is 2.20 bits per heavy atom. The van der Waals surface area contributed by atoms with Gasteiger partial charge in [0.1, 0.15) is 5.75 Å². The van der Waals surface area contributed by atoms with Crippen molar-refractivity contribution in [3.05, 3.63) is 24.3 Å². The van der Waals surface area contributed by atoms with Gasteiger partial charge in [-0.05, 0) is 19.1 Å². The van der Waals surface area contributed by atoms with Gasteiger partial charge in [0.2, 0.25) is 0 Å². The van der Waals surface area contributed by atoms with Gasteiger partial charge in [-0.3, -0.25) is 4.79 Å². The maximum absolute atomic E-state index is 11.1. The summed E-state index contributed by atoms with van der Waals surface area (Å²) in [4.78, 5) is 22.1. The van der Waals surface area contributed by atoms with E-state index in [0.29, 0.717) is 5.69 Å². The fourth-order valence-electron chi connectivity index (χ4n) is 0.962. The van der Waals surface area contributed by atoms with E-state index in [1.165, 1.54) is 12.1 Å². The number of carbonyl (C=O) groups excluding carboxylic acids is 2. The third-order valence-electron chi connectivity index (χ3n) is 1.56. The van der Waals surface area contributed by atoms with Crippen LogP contribution in [0.4, 0.5) is 5.69 Å². The Kier molecular flexibility index (Phi) is 3.68. The lowest BCUT2D eigenvalue weighted by Gasteiger charge is -2.04. The van der Waals surface area contributed by atoms with Gasteiger partial charge in [0.05, 0.1) is 6.61 Å². The van der Waals surface area contributed by atoms with E-state index in [2.05, 4.69) is 10.1 Å². The minimum Gasteiger partial charge on any atom is -0.508 e. The van der Waals surface area contributed by atoms with Crippen LogP contribution in [0.1, 0.15) is 6.92 Å². The highest BCUT2D eigenvalue weighted by Crippen LogP contribution is 2.15. The molecule has 0 fully saturated rings. The van der Waals surface area contributed by atoms with Gasteiger partial charge in [-0.15, -0.1) is 0 Å². The number of benzene rings is 1. The third-order valence-corrected chi connectivity index (χ3v) is 1.56. The Balaban J connectivity index is 2.62. The summed E-state index contributed by atoms with van der Waals surface area (Å²) in [5.41, 5.74) is 0.341. The largest absolute Gasteiger partial charge is 0.508 e. The van der Waals surface area contributed by atoms with Crippen LogP contribution in [0.25, 0.3) is 0 Å². The minimum atomic E-state index is -0.944. The summed E-state index contributed by atoms with van der Waals surface area (Å²) in [7, 11) is 0. The Hall–Kier alpha value is -2.04. The molecule has 2 N–H and O–H groups in total. The SMILES string of the molecule is CCOC(=O)C(=O)Nc1cccc(O)c1. The number of amides is 1. The summed E-state index contributed by atoms with van der Waals surface area (Å²) in [5.74, 6) is -1.79. The van der Waals surface area contributed by atoms with Crippen LogP contribution in [0.2, 0.25) is 0 Å². The zero-order valence-electron chi connectivity index (χ0n) is 8.19. The summed E-state index contributed by atoms with van der Waals surface area (Å²) in [6.07, 6.45) is 0. The van der Waals surface area contributed by atoms with Crippen molar-refractivity contribution in [2.24, 2.45) is 0 Å². The number of nitrogens with one attached hydrogen (secondary N) is 1. The lowest BCUT2D eigenvalue weighted by molar-refractivity contribution is -0.152. The molecule has 1 rings (SSSR count). The predicted molar refractivity (Wildman–Crippen MR) is 53.4 cm³/mol. The number of aromatic hydroxyl groups is 1. The summed E-state index contributed by atoms with van der Waals surface area (Å²) in [6.45, 7) is 1.76. The van der Waals surface area contributed by atoms with Crippen molar-refractivity contribution in [1.82, 2.24) is 0 Å². The monoisotopic (exact) mass is 209 g/mol. The molecule has 0 aliphatic heterocycles. The van der Waals surface area contributed by atoms with Gasteiger partial charge in [0.15, 0.2) is 0 Å². The number of phenols is 1. The summed E-state index contributed by atoms with van der Waals surface area (Å²) >= 11 is 0. The van der Waals surface area contributed by atoms with Gasteiger partial charge in [0.25, 0.3) is 0 Å². The van der Waals surface area contributed by atoms with E-state index in [4.69, 9.17) is 5.11 Å². The number of hydrogen-bond acceptors (Lipinski definition) is 4. The van der Waals surface area contributed by atoms with Crippen LogP contribution in [-0.4, -0.2) is 23.6 Å². The fourth-order valence-corrected chi connectivity index (χ4v) is 0.962. The van der Waals surface area contributed by atoms with Gasteiger partial charge in [0, 0.05) is 11.8 Å². The highest BCUT2D eigenvalue weighted by atomic mass is 16.5. The van der Waals surface area contributed by atoms with Crippen LogP contribution in [-0.2, 0) is 14.3 Å². The summed E-state index contributed by atoms with van der Waals surface area (Å²) in [6, 6.07) is 5.89. The van der Waals surface area contributed by atoms with Crippen LogP contribution < -0.4 is 5.32 Å². The van der Waals surface area contributed by atoms with Crippen molar-refractivity contribution < 1.29 is 19.4 Å². The van der Waals surface area contributed by atoms with Crippen LogP contribution in [0.3, 0.4) is 0 Å². The molecule has 0 saturated carbocycles. The zero-order chi connectivity index (χ0) is 11.3. The lowest BCUT2D eigenvalue weighted by Crippen LogP contribution is -2.24. The molecule has 1 amide bonds. The molecule has 1 aromatic carbocycles. The molecule has 0 radical (unpaired) electrons. The number of rotatable bonds is 2. The first-order chi connectivity index (χ1) is 7.13. The average molecular weight is 209 g/mol. The average Bonchev–Trinajstić information content (AvgIpc) is 2.18. The number of hydrogen-bond donors (Lipinski definition) is 2. The van der Waals surface area contributed by atoms with Crippen molar-refractivity contribution in [3.63, 3.8) is 0 Å². The van der Waals surface area contributed by atoms with E-state index in [0.717, 1.165) is 0 Å². The second-order valence-electron chi connectivity index (χ2n) is 2.72. The maximum atomic E-state index is 11.1. The Labute approximate surface area is 86.7 Å². The first-order valence-corrected chi connectivity index (χ1v) is 4.40. The van der Waals surface area contributed by atoms with E-state index in [1.54, 1.807) is 19.1 Å². The first kappa shape index (κ1) is 11.0. The van der Waals surface area contributed by atoms with E-state index in [-0.39, 0.29) is 12.4 Å². The molecule has 0 bridgehead atoms. The molecular formula is C10H11NO4.